The molecule has 0 unspecified atom stereocenters. The average Bonchev–Trinajstić information content (AvgIpc) is 3.27. The van der Waals surface area contributed by atoms with E-state index >= 15 is 0 Å². The lowest BCUT2D eigenvalue weighted by Crippen LogP contribution is -2.37. The molecule has 1 fully saturated rings. The molecule has 0 saturated heterocycles. The maximum absolute atomic E-state index is 12.1. The van der Waals surface area contributed by atoms with Gasteiger partial charge in [0.05, 0.1) is 0 Å². The maximum Gasteiger partial charge on any atom is 0.315 e. The quantitative estimate of drug-likeness (QED) is 0.914. The summed E-state index contributed by atoms with van der Waals surface area (Å²) in [5, 5.41) is 6.05. The molecule has 2 amide bonds. The van der Waals surface area contributed by atoms with Gasteiger partial charge in [-0.15, -0.1) is 0 Å². The van der Waals surface area contributed by atoms with Gasteiger partial charge in [0.2, 0.25) is 0 Å². The fourth-order valence-corrected chi connectivity index (χ4v) is 3.65. The largest absolute Gasteiger partial charge is 0.334 e. The van der Waals surface area contributed by atoms with Crippen LogP contribution in [-0.2, 0) is 13.0 Å². The molecule has 1 aromatic heterocycles. The van der Waals surface area contributed by atoms with Crippen LogP contribution in [0.3, 0.4) is 0 Å². The van der Waals surface area contributed by atoms with E-state index in [1.54, 1.807) is 12.4 Å². The molecule has 0 bridgehead atoms. The highest BCUT2D eigenvalue weighted by Crippen LogP contribution is 2.54. The second kappa shape index (κ2) is 5.44. The van der Waals surface area contributed by atoms with E-state index in [0.717, 1.165) is 12.0 Å². The lowest BCUT2D eigenvalue weighted by atomic mass is 9.92. The number of aryl methyl sites for hydroxylation is 1. The minimum absolute atomic E-state index is 0.0827. The van der Waals surface area contributed by atoms with Gasteiger partial charge in [0, 0.05) is 30.9 Å². The van der Waals surface area contributed by atoms with E-state index in [2.05, 4.69) is 39.9 Å². The molecule has 2 aliphatic carbocycles. The molecular weight excluding hydrogens is 274 g/mol. The Labute approximate surface area is 130 Å². The summed E-state index contributed by atoms with van der Waals surface area (Å²) in [5.74, 6) is 1.12. The van der Waals surface area contributed by atoms with Crippen molar-refractivity contribution in [3.63, 3.8) is 0 Å². The molecule has 2 aromatic rings. The monoisotopic (exact) mass is 293 g/mol. The highest BCUT2D eigenvalue weighted by molar-refractivity contribution is 5.75. The molecule has 0 aliphatic heterocycles. The number of hydrogen-bond acceptors (Lipinski definition) is 2. The van der Waals surface area contributed by atoms with Gasteiger partial charge in [-0.3, -0.25) is 4.98 Å². The minimum atomic E-state index is -0.0827. The molecule has 112 valence electrons. The van der Waals surface area contributed by atoms with Crippen LogP contribution in [0.1, 0.15) is 29.0 Å². The smallest absolute Gasteiger partial charge is 0.315 e. The second-order valence-corrected chi connectivity index (χ2v) is 6.14. The van der Waals surface area contributed by atoms with Gasteiger partial charge in [-0.05, 0) is 41.5 Å². The van der Waals surface area contributed by atoms with Gasteiger partial charge in [0.1, 0.15) is 0 Å². The van der Waals surface area contributed by atoms with Crippen molar-refractivity contribution >= 4 is 6.03 Å². The van der Waals surface area contributed by atoms with Crippen LogP contribution < -0.4 is 10.6 Å². The van der Waals surface area contributed by atoms with Crippen molar-refractivity contribution in [2.45, 2.75) is 31.3 Å². The molecule has 0 radical (unpaired) electrons. The third-order valence-electron chi connectivity index (χ3n) is 4.80. The molecule has 4 nitrogen and oxygen atoms in total. The van der Waals surface area contributed by atoms with Crippen molar-refractivity contribution in [1.82, 2.24) is 15.6 Å². The topological polar surface area (TPSA) is 54.0 Å². The number of aromatic nitrogens is 1. The van der Waals surface area contributed by atoms with Gasteiger partial charge >= 0.3 is 6.03 Å². The van der Waals surface area contributed by atoms with Crippen LogP contribution in [0.25, 0.3) is 0 Å². The highest BCUT2D eigenvalue weighted by Gasteiger charge is 2.53. The number of nitrogens with zero attached hydrogens (tertiary/aromatic N) is 1. The van der Waals surface area contributed by atoms with Crippen LogP contribution in [0, 0.1) is 5.92 Å². The average molecular weight is 293 g/mol. The van der Waals surface area contributed by atoms with Crippen molar-refractivity contribution in [2.75, 3.05) is 0 Å². The van der Waals surface area contributed by atoms with Crippen LogP contribution in [0.2, 0.25) is 0 Å². The van der Waals surface area contributed by atoms with Crippen LogP contribution in [0.4, 0.5) is 4.79 Å². The molecule has 2 N–H and O–H groups in total. The summed E-state index contributed by atoms with van der Waals surface area (Å²) in [6.45, 7) is 0.512. The van der Waals surface area contributed by atoms with Crippen LogP contribution in [-0.4, -0.2) is 17.1 Å². The van der Waals surface area contributed by atoms with Gasteiger partial charge in [-0.1, -0.05) is 30.3 Å². The number of rotatable bonds is 3. The summed E-state index contributed by atoms with van der Waals surface area (Å²) in [6.07, 6.45) is 5.81. The summed E-state index contributed by atoms with van der Waals surface area (Å²) in [6, 6.07) is 12.7. The number of carbonyl (C=O) groups is 1. The summed E-state index contributed by atoms with van der Waals surface area (Å²) in [7, 11) is 0. The van der Waals surface area contributed by atoms with Crippen LogP contribution in [0.5, 0.6) is 0 Å². The normalized spacial score (nSPS) is 24.8. The standard InChI is InChI=1S/C18H19N3O/c22-18(20-11-12-4-3-9-19-10-12)21-17-15-8-7-13-5-1-2-6-14(13)16(15)17/h1-6,9-10,15-17H,7-8,11H2,(H2,20,21,22)/t15-,16+,17-/m1/s1. The number of pyridine rings is 1. The first-order chi connectivity index (χ1) is 10.8. The van der Waals surface area contributed by atoms with E-state index in [0.29, 0.717) is 18.4 Å². The van der Waals surface area contributed by atoms with E-state index in [9.17, 15) is 4.79 Å². The molecule has 2 aliphatic rings. The third kappa shape index (κ3) is 2.45. The fraction of sp³-hybridized carbons (Fsp3) is 0.333. The lowest BCUT2D eigenvalue weighted by Gasteiger charge is -2.13. The summed E-state index contributed by atoms with van der Waals surface area (Å²) >= 11 is 0. The van der Waals surface area contributed by atoms with E-state index < -0.39 is 0 Å². The Kier molecular flexibility index (Phi) is 3.29. The molecule has 1 saturated carbocycles. The van der Waals surface area contributed by atoms with E-state index in [-0.39, 0.29) is 12.1 Å². The van der Waals surface area contributed by atoms with Gasteiger partial charge in [-0.2, -0.15) is 0 Å². The maximum atomic E-state index is 12.1. The lowest BCUT2D eigenvalue weighted by molar-refractivity contribution is 0.239. The van der Waals surface area contributed by atoms with Crippen molar-refractivity contribution in [1.29, 1.82) is 0 Å². The molecule has 1 aromatic carbocycles. The third-order valence-corrected chi connectivity index (χ3v) is 4.80. The Hall–Kier alpha value is -2.36. The Morgan fingerprint density at radius 3 is 3.00 bits per heavy atom. The molecule has 4 rings (SSSR count). The molecule has 4 heteroatoms. The first kappa shape index (κ1) is 13.3. The fourth-order valence-electron chi connectivity index (χ4n) is 3.65. The predicted molar refractivity (Wildman–Crippen MR) is 84.4 cm³/mol. The zero-order chi connectivity index (χ0) is 14.9. The van der Waals surface area contributed by atoms with Crippen molar-refractivity contribution in [3.8, 4) is 0 Å². The Morgan fingerprint density at radius 1 is 1.23 bits per heavy atom. The van der Waals surface area contributed by atoms with Crippen molar-refractivity contribution in [2.24, 2.45) is 5.92 Å². The number of amides is 2. The van der Waals surface area contributed by atoms with Gasteiger partial charge < -0.3 is 10.6 Å². The molecule has 1 heterocycles. The molecule has 22 heavy (non-hydrogen) atoms. The molecule has 3 atom stereocenters. The van der Waals surface area contributed by atoms with Gasteiger partial charge in [0.25, 0.3) is 0 Å². The Balaban J connectivity index is 1.35. The van der Waals surface area contributed by atoms with E-state index in [4.69, 9.17) is 0 Å². The Bertz CT molecular complexity index is 686. The second-order valence-electron chi connectivity index (χ2n) is 6.14. The number of urea groups is 1. The zero-order valence-corrected chi connectivity index (χ0v) is 12.3. The van der Waals surface area contributed by atoms with Gasteiger partial charge in [0.15, 0.2) is 0 Å². The summed E-state index contributed by atoms with van der Waals surface area (Å²) < 4.78 is 0. The van der Waals surface area contributed by atoms with Crippen molar-refractivity contribution < 1.29 is 4.79 Å². The van der Waals surface area contributed by atoms with Crippen molar-refractivity contribution in [3.05, 3.63) is 65.5 Å². The Morgan fingerprint density at radius 2 is 2.14 bits per heavy atom. The number of carbonyl (C=O) groups excluding carboxylic acids is 1. The SMILES string of the molecule is O=C(NCc1cccnc1)N[C@@H]1[C@@H]2CCc3ccccc3[C@@H]21. The highest BCUT2D eigenvalue weighted by atomic mass is 16.2. The molecular formula is C18H19N3O. The summed E-state index contributed by atoms with van der Waals surface area (Å²) in [4.78, 5) is 16.1. The number of benzene rings is 1. The predicted octanol–water partition coefficient (Wildman–Crippen LogP) is 2.61. The number of hydrogen-bond donors (Lipinski definition) is 2. The summed E-state index contributed by atoms with van der Waals surface area (Å²) in [5.41, 5.74) is 3.89. The van der Waals surface area contributed by atoms with Crippen LogP contribution in [0.15, 0.2) is 48.8 Å². The van der Waals surface area contributed by atoms with Crippen LogP contribution >= 0.6 is 0 Å². The van der Waals surface area contributed by atoms with E-state index in [1.165, 1.54) is 17.5 Å². The number of fused-ring (bicyclic) bond motifs is 3. The zero-order valence-electron chi connectivity index (χ0n) is 12.3. The first-order valence-electron chi connectivity index (χ1n) is 7.84. The minimum Gasteiger partial charge on any atom is -0.334 e. The first-order valence-corrected chi connectivity index (χ1v) is 7.84. The number of nitrogens with one attached hydrogen (secondary N) is 2. The molecule has 0 spiro atoms. The van der Waals surface area contributed by atoms with E-state index in [1.807, 2.05) is 12.1 Å². The van der Waals surface area contributed by atoms with Gasteiger partial charge in [-0.25, -0.2) is 4.79 Å².